The van der Waals surface area contributed by atoms with Gasteiger partial charge in [-0.3, -0.25) is 4.72 Å². The fourth-order valence-corrected chi connectivity index (χ4v) is 4.94. The Hall–Kier alpha value is -1.66. The minimum atomic E-state index is -3.71. The molecule has 0 heterocycles. The second kappa shape index (κ2) is 7.07. The molecule has 0 aliphatic heterocycles. The third-order valence-corrected chi connectivity index (χ3v) is 6.45. The fraction of sp³-hybridized carbons (Fsp3) is 0.333. The molecule has 0 aromatic heterocycles. The summed E-state index contributed by atoms with van der Waals surface area (Å²) < 4.78 is 33.9. The van der Waals surface area contributed by atoms with Crippen LogP contribution in [0.4, 0.5) is 5.69 Å². The summed E-state index contributed by atoms with van der Waals surface area (Å²) in [5.74, 6) is 0.407. The number of para-hydroxylation sites is 1. The Balaban J connectivity index is 2.03. The molecule has 4 nitrogen and oxygen atoms in total. The predicted molar refractivity (Wildman–Crippen MR) is 98.7 cm³/mol. The third kappa shape index (κ3) is 3.39. The summed E-state index contributed by atoms with van der Waals surface area (Å²) in [5, 5.41) is 0. The Bertz CT molecular complexity index is 847. The molecule has 0 bridgehead atoms. The largest absolute Gasteiger partial charge is 0.495 e. The van der Waals surface area contributed by atoms with Gasteiger partial charge in [0.1, 0.15) is 10.6 Å². The maximum absolute atomic E-state index is 12.9. The van der Waals surface area contributed by atoms with Crippen molar-refractivity contribution in [3.8, 4) is 5.75 Å². The van der Waals surface area contributed by atoms with Crippen LogP contribution in [-0.4, -0.2) is 21.8 Å². The van der Waals surface area contributed by atoms with Crippen LogP contribution >= 0.6 is 11.8 Å². The molecule has 128 valence electrons. The number of thioether (sulfide) groups is 1. The van der Waals surface area contributed by atoms with Gasteiger partial charge in [-0.1, -0.05) is 12.1 Å². The highest BCUT2D eigenvalue weighted by atomic mass is 32.2. The molecule has 0 radical (unpaired) electrons. The topological polar surface area (TPSA) is 55.4 Å². The van der Waals surface area contributed by atoms with Gasteiger partial charge in [-0.25, -0.2) is 8.42 Å². The SMILES string of the molecule is COc1cc2c(cc1S(=O)(=O)Nc1ccccc1SC)CCCC2. The van der Waals surface area contributed by atoms with Crippen LogP contribution in [0.25, 0.3) is 0 Å². The van der Waals surface area contributed by atoms with Crippen molar-refractivity contribution >= 4 is 27.5 Å². The molecule has 3 rings (SSSR count). The lowest BCUT2D eigenvalue weighted by Crippen LogP contribution is -2.16. The molecule has 0 fully saturated rings. The molecular weight excluding hydrogens is 342 g/mol. The number of hydrogen-bond donors (Lipinski definition) is 1. The van der Waals surface area contributed by atoms with Crippen LogP contribution in [0.15, 0.2) is 46.2 Å². The van der Waals surface area contributed by atoms with Gasteiger partial charge in [-0.05, 0) is 67.3 Å². The Morgan fingerprint density at radius 2 is 1.75 bits per heavy atom. The van der Waals surface area contributed by atoms with E-state index in [1.807, 2.05) is 30.5 Å². The summed E-state index contributed by atoms with van der Waals surface area (Å²) in [6, 6.07) is 11.0. The molecular formula is C18H21NO3S2. The van der Waals surface area contributed by atoms with E-state index in [4.69, 9.17) is 4.74 Å². The monoisotopic (exact) mass is 363 g/mol. The van der Waals surface area contributed by atoms with Gasteiger partial charge in [-0.2, -0.15) is 0 Å². The number of nitrogens with one attached hydrogen (secondary N) is 1. The van der Waals surface area contributed by atoms with E-state index >= 15 is 0 Å². The van der Waals surface area contributed by atoms with Crippen LogP contribution < -0.4 is 9.46 Å². The molecule has 1 N–H and O–H groups in total. The number of hydrogen-bond acceptors (Lipinski definition) is 4. The van der Waals surface area contributed by atoms with E-state index in [1.165, 1.54) is 24.4 Å². The normalized spacial score (nSPS) is 14.1. The lowest BCUT2D eigenvalue weighted by molar-refractivity contribution is 0.401. The number of aryl methyl sites for hydroxylation is 2. The van der Waals surface area contributed by atoms with E-state index in [0.717, 1.165) is 36.1 Å². The number of benzene rings is 2. The predicted octanol–water partition coefficient (Wildman–Crippen LogP) is 4.10. The first-order valence-corrected chi connectivity index (χ1v) is 10.6. The highest BCUT2D eigenvalue weighted by Crippen LogP contribution is 2.34. The maximum Gasteiger partial charge on any atom is 0.265 e. The van der Waals surface area contributed by atoms with E-state index in [9.17, 15) is 8.42 Å². The van der Waals surface area contributed by atoms with Gasteiger partial charge in [0, 0.05) is 4.90 Å². The molecule has 2 aromatic carbocycles. The second-order valence-electron chi connectivity index (χ2n) is 5.78. The Kier molecular flexibility index (Phi) is 5.06. The van der Waals surface area contributed by atoms with Crippen molar-refractivity contribution in [1.29, 1.82) is 0 Å². The maximum atomic E-state index is 12.9. The average Bonchev–Trinajstić information content (AvgIpc) is 2.60. The number of fused-ring (bicyclic) bond motifs is 1. The van der Waals surface area contributed by atoms with Crippen LogP contribution in [0.1, 0.15) is 24.0 Å². The number of rotatable bonds is 5. The Morgan fingerprint density at radius 3 is 2.42 bits per heavy atom. The van der Waals surface area contributed by atoms with Gasteiger partial charge >= 0.3 is 0 Å². The summed E-state index contributed by atoms with van der Waals surface area (Å²) in [4.78, 5) is 1.10. The highest BCUT2D eigenvalue weighted by Gasteiger charge is 2.24. The number of methoxy groups -OCH3 is 1. The molecule has 2 aromatic rings. The first kappa shape index (κ1) is 17.2. The van der Waals surface area contributed by atoms with E-state index in [-0.39, 0.29) is 4.90 Å². The molecule has 0 spiro atoms. The van der Waals surface area contributed by atoms with Crippen LogP contribution in [0.3, 0.4) is 0 Å². The molecule has 1 aliphatic carbocycles. The molecule has 1 aliphatic rings. The van der Waals surface area contributed by atoms with Crippen LogP contribution in [0, 0.1) is 0 Å². The fourth-order valence-electron chi connectivity index (χ4n) is 3.04. The summed E-state index contributed by atoms with van der Waals surface area (Å²) >= 11 is 1.51. The van der Waals surface area contributed by atoms with Gasteiger partial charge < -0.3 is 4.74 Å². The van der Waals surface area contributed by atoms with Crippen LogP contribution in [-0.2, 0) is 22.9 Å². The van der Waals surface area contributed by atoms with E-state index in [1.54, 1.807) is 12.1 Å². The zero-order valence-corrected chi connectivity index (χ0v) is 15.5. The van der Waals surface area contributed by atoms with Crippen molar-refractivity contribution in [2.45, 2.75) is 35.5 Å². The standard InChI is InChI=1S/C18H21NO3S2/c1-22-16-11-13-7-3-4-8-14(13)12-18(16)24(20,21)19-15-9-5-6-10-17(15)23-2/h5-6,9-12,19H,3-4,7-8H2,1-2H3. The van der Waals surface area contributed by atoms with Gasteiger partial charge in [0.15, 0.2) is 0 Å². The van der Waals surface area contributed by atoms with Crippen LogP contribution in [0.2, 0.25) is 0 Å². The Morgan fingerprint density at radius 1 is 1.08 bits per heavy atom. The lowest BCUT2D eigenvalue weighted by Gasteiger charge is -2.20. The van der Waals surface area contributed by atoms with E-state index in [2.05, 4.69) is 4.72 Å². The van der Waals surface area contributed by atoms with Crippen molar-refractivity contribution in [2.24, 2.45) is 0 Å². The highest BCUT2D eigenvalue weighted by molar-refractivity contribution is 7.99. The van der Waals surface area contributed by atoms with Crippen molar-refractivity contribution in [1.82, 2.24) is 0 Å². The average molecular weight is 364 g/mol. The smallest absolute Gasteiger partial charge is 0.265 e. The molecule has 0 unspecified atom stereocenters. The first-order valence-electron chi connectivity index (χ1n) is 7.91. The lowest BCUT2D eigenvalue weighted by atomic mass is 9.92. The van der Waals surface area contributed by atoms with Crippen LogP contribution in [0.5, 0.6) is 5.75 Å². The molecule has 0 atom stereocenters. The van der Waals surface area contributed by atoms with Crippen molar-refractivity contribution in [3.63, 3.8) is 0 Å². The number of sulfonamides is 1. The molecule has 24 heavy (non-hydrogen) atoms. The summed E-state index contributed by atoms with van der Waals surface area (Å²) in [6.45, 7) is 0. The molecule has 6 heteroatoms. The van der Waals surface area contributed by atoms with Crippen molar-refractivity contribution < 1.29 is 13.2 Å². The summed E-state index contributed by atoms with van der Waals surface area (Å²) in [6.07, 6.45) is 6.06. The minimum Gasteiger partial charge on any atom is -0.495 e. The number of anilines is 1. The van der Waals surface area contributed by atoms with Crippen molar-refractivity contribution in [3.05, 3.63) is 47.5 Å². The minimum absolute atomic E-state index is 0.210. The summed E-state index contributed by atoms with van der Waals surface area (Å²) in [7, 11) is -2.20. The molecule has 0 amide bonds. The van der Waals surface area contributed by atoms with Gasteiger partial charge in [-0.15, -0.1) is 11.8 Å². The summed E-state index contributed by atoms with van der Waals surface area (Å²) in [5.41, 5.74) is 2.90. The number of ether oxygens (including phenoxy) is 1. The quantitative estimate of drug-likeness (QED) is 0.813. The second-order valence-corrected chi connectivity index (χ2v) is 8.28. The van der Waals surface area contributed by atoms with Gasteiger partial charge in [0.2, 0.25) is 0 Å². The zero-order valence-electron chi connectivity index (χ0n) is 13.8. The van der Waals surface area contributed by atoms with Gasteiger partial charge in [0.25, 0.3) is 10.0 Å². The first-order chi connectivity index (χ1) is 11.5. The van der Waals surface area contributed by atoms with E-state index in [0.29, 0.717) is 11.4 Å². The Labute approximate surface area is 147 Å². The van der Waals surface area contributed by atoms with Crippen molar-refractivity contribution in [2.75, 3.05) is 18.1 Å². The zero-order chi connectivity index (χ0) is 17.2. The van der Waals surface area contributed by atoms with E-state index < -0.39 is 10.0 Å². The van der Waals surface area contributed by atoms with Gasteiger partial charge in [0.05, 0.1) is 12.8 Å². The molecule has 0 saturated carbocycles. The molecule has 0 saturated heterocycles. The third-order valence-electron chi connectivity index (χ3n) is 4.27.